The highest BCUT2D eigenvalue weighted by Gasteiger charge is 2.25. The van der Waals surface area contributed by atoms with Gasteiger partial charge in [-0.25, -0.2) is 0 Å². The Morgan fingerprint density at radius 3 is 2.72 bits per heavy atom. The van der Waals surface area contributed by atoms with Gasteiger partial charge in [-0.3, -0.25) is 9.59 Å². The molecule has 0 saturated heterocycles. The molecule has 132 valence electrons. The number of amides is 2. The minimum atomic E-state index is -0.480. The van der Waals surface area contributed by atoms with E-state index in [1.54, 1.807) is 18.2 Å². The van der Waals surface area contributed by atoms with Gasteiger partial charge in [-0.1, -0.05) is 6.07 Å². The fourth-order valence-electron chi connectivity index (χ4n) is 3.07. The van der Waals surface area contributed by atoms with Gasteiger partial charge in [-0.15, -0.1) is 11.3 Å². The summed E-state index contributed by atoms with van der Waals surface area (Å²) in [5, 5.41) is 3.42. The fourth-order valence-corrected chi connectivity index (χ4v) is 4.36. The molecule has 3 rings (SSSR count). The van der Waals surface area contributed by atoms with E-state index < -0.39 is 5.91 Å². The van der Waals surface area contributed by atoms with E-state index in [1.165, 1.54) is 11.3 Å². The maximum atomic E-state index is 12.6. The molecular weight excluding hydrogens is 336 g/mol. The van der Waals surface area contributed by atoms with E-state index in [1.807, 2.05) is 19.9 Å². The number of fused-ring (bicyclic) bond motifs is 1. The molecule has 0 radical (unpaired) electrons. The van der Waals surface area contributed by atoms with Crippen LogP contribution in [0.25, 0.3) is 0 Å². The Balaban J connectivity index is 1.86. The van der Waals surface area contributed by atoms with Crippen LogP contribution in [-0.4, -0.2) is 17.9 Å². The Labute approximate surface area is 151 Å². The summed E-state index contributed by atoms with van der Waals surface area (Å²) < 4.78 is 5.63. The van der Waals surface area contributed by atoms with Crippen LogP contribution in [0.3, 0.4) is 0 Å². The Bertz CT molecular complexity index is 811. The van der Waals surface area contributed by atoms with Crippen LogP contribution in [0.2, 0.25) is 0 Å². The van der Waals surface area contributed by atoms with Gasteiger partial charge in [0.05, 0.1) is 11.7 Å². The predicted molar refractivity (Wildman–Crippen MR) is 99.6 cm³/mol. The zero-order valence-electron chi connectivity index (χ0n) is 14.4. The standard InChI is InChI=1S/C19H22N2O3S/c1-11(2)24-13-7-5-6-12(10-13)18(23)21-19-16(17(20)22)14-8-3-4-9-15(14)25-19/h5-7,10-11H,3-4,8-9H2,1-2H3,(H2,20,22)(H,21,23). The summed E-state index contributed by atoms with van der Waals surface area (Å²) in [5.74, 6) is -0.106. The minimum Gasteiger partial charge on any atom is -0.491 e. The van der Waals surface area contributed by atoms with Gasteiger partial charge in [0, 0.05) is 10.4 Å². The van der Waals surface area contributed by atoms with Crippen LogP contribution in [-0.2, 0) is 12.8 Å². The number of benzene rings is 1. The molecule has 5 nitrogen and oxygen atoms in total. The topological polar surface area (TPSA) is 81.4 Å². The predicted octanol–water partition coefficient (Wildman–Crippen LogP) is 3.77. The van der Waals surface area contributed by atoms with Gasteiger partial charge < -0.3 is 15.8 Å². The zero-order chi connectivity index (χ0) is 18.0. The lowest BCUT2D eigenvalue weighted by molar-refractivity contribution is 0.100. The quantitative estimate of drug-likeness (QED) is 0.854. The molecule has 0 atom stereocenters. The third-order valence-corrected chi connectivity index (χ3v) is 5.32. The zero-order valence-corrected chi connectivity index (χ0v) is 15.2. The number of hydrogen-bond acceptors (Lipinski definition) is 4. The van der Waals surface area contributed by atoms with Crippen molar-refractivity contribution >= 4 is 28.2 Å². The lowest BCUT2D eigenvalue weighted by Gasteiger charge is -2.12. The number of carbonyl (C=O) groups is 2. The number of carbonyl (C=O) groups excluding carboxylic acids is 2. The second-order valence-corrected chi connectivity index (χ2v) is 7.53. The molecule has 3 N–H and O–H groups in total. The first-order valence-corrected chi connectivity index (χ1v) is 9.29. The molecule has 0 spiro atoms. The highest BCUT2D eigenvalue weighted by molar-refractivity contribution is 7.17. The summed E-state index contributed by atoms with van der Waals surface area (Å²) in [7, 11) is 0. The Hall–Kier alpha value is -2.34. The van der Waals surface area contributed by atoms with E-state index >= 15 is 0 Å². The number of nitrogens with two attached hydrogens (primary N) is 1. The first-order valence-electron chi connectivity index (χ1n) is 8.48. The maximum absolute atomic E-state index is 12.6. The maximum Gasteiger partial charge on any atom is 0.256 e. The van der Waals surface area contributed by atoms with Crippen molar-refractivity contribution in [3.8, 4) is 5.75 Å². The van der Waals surface area contributed by atoms with Crippen LogP contribution in [0, 0.1) is 0 Å². The van der Waals surface area contributed by atoms with Crippen molar-refractivity contribution in [2.24, 2.45) is 5.73 Å². The highest BCUT2D eigenvalue weighted by atomic mass is 32.1. The normalized spacial score (nSPS) is 13.4. The van der Waals surface area contributed by atoms with E-state index in [2.05, 4.69) is 5.32 Å². The molecule has 1 heterocycles. The van der Waals surface area contributed by atoms with Gasteiger partial charge >= 0.3 is 0 Å². The largest absolute Gasteiger partial charge is 0.491 e. The molecule has 0 unspecified atom stereocenters. The molecule has 1 aromatic heterocycles. The van der Waals surface area contributed by atoms with Crippen molar-refractivity contribution < 1.29 is 14.3 Å². The fraction of sp³-hybridized carbons (Fsp3) is 0.368. The van der Waals surface area contributed by atoms with Crippen molar-refractivity contribution in [1.82, 2.24) is 0 Å². The second-order valence-electron chi connectivity index (χ2n) is 6.43. The minimum absolute atomic E-state index is 0.0313. The van der Waals surface area contributed by atoms with Crippen LogP contribution < -0.4 is 15.8 Å². The van der Waals surface area contributed by atoms with Crippen LogP contribution in [0.15, 0.2) is 24.3 Å². The van der Waals surface area contributed by atoms with Crippen LogP contribution >= 0.6 is 11.3 Å². The van der Waals surface area contributed by atoms with E-state index in [0.29, 0.717) is 21.9 Å². The van der Waals surface area contributed by atoms with Crippen molar-refractivity contribution in [3.05, 3.63) is 45.8 Å². The molecule has 0 fully saturated rings. The van der Waals surface area contributed by atoms with E-state index in [0.717, 1.165) is 36.1 Å². The van der Waals surface area contributed by atoms with Crippen LogP contribution in [0.5, 0.6) is 5.75 Å². The summed E-state index contributed by atoms with van der Waals surface area (Å²) in [6, 6.07) is 7.02. The number of primary amides is 1. The molecule has 6 heteroatoms. The van der Waals surface area contributed by atoms with Crippen molar-refractivity contribution in [2.75, 3.05) is 5.32 Å². The number of ether oxygens (including phenoxy) is 1. The summed E-state index contributed by atoms with van der Waals surface area (Å²) in [6.45, 7) is 3.87. The molecule has 0 aliphatic heterocycles. The van der Waals surface area contributed by atoms with Crippen LogP contribution in [0.4, 0.5) is 5.00 Å². The second kappa shape index (κ2) is 7.27. The lowest BCUT2D eigenvalue weighted by atomic mass is 9.95. The molecule has 1 aliphatic carbocycles. The SMILES string of the molecule is CC(C)Oc1cccc(C(=O)Nc2sc3c(c2C(N)=O)CCCC3)c1. The highest BCUT2D eigenvalue weighted by Crippen LogP contribution is 2.38. The summed E-state index contributed by atoms with van der Waals surface area (Å²) >= 11 is 1.46. The van der Waals surface area contributed by atoms with Gasteiger partial charge in [-0.2, -0.15) is 0 Å². The van der Waals surface area contributed by atoms with Crippen molar-refractivity contribution in [1.29, 1.82) is 0 Å². The van der Waals surface area contributed by atoms with E-state index in [-0.39, 0.29) is 12.0 Å². The van der Waals surface area contributed by atoms with Crippen LogP contribution in [0.1, 0.15) is 57.8 Å². The van der Waals surface area contributed by atoms with Crippen molar-refractivity contribution in [3.63, 3.8) is 0 Å². The van der Waals surface area contributed by atoms with E-state index in [4.69, 9.17) is 10.5 Å². The molecule has 2 amide bonds. The number of anilines is 1. The summed E-state index contributed by atoms with van der Waals surface area (Å²) in [5.41, 5.74) is 7.54. The third kappa shape index (κ3) is 3.85. The molecule has 2 aromatic rings. The number of hydrogen-bond donors (Lipinski definition) is 2. The Morgan fingerprint density at radius 2 is 2.00 bits per heavy atom. The summed E-state index contributed by atoms with van der Waals surface area (Å²) in [6.07, 6.45) is 3.97. The molecule has 25 heavy (non-hydrogen) atoms. The van der Waals surface area contributed by atoms with Gasteiger partial charge in [-0.05, 0) is 63.3 Å². The molecule has 0 saturated carbocycles. The lowest BCUT2D eigenvalue weighted by Crippen LogP contribution is -2.18. The Kier molecular flexibility index (Phi) is 5.08. The number of rotatable bonds is 5. The smallest absolute Gasteiger partial charge is 0.256 e. The molecule has 1 aromatic carbocycles. The molecular formula is C19H22N2O3S. The first-order chi connectivity index (χ1) is 12.0. The van der Waals surface area contributed by atoms with Crippen molar-refractivity contribution in [2.45, 2.75) is 45.6 Å². The van der Waals surface area contributed by atoms with Gasteiger partial charge in [0.25, 0.3) is 11.8 Å². The van der Waals surface area contributed by atoms with Gasteiger partial charge in [0.15, 0.2) is 0 Å². The number of thiophene rings is 1. The summed E-state index contributed by atoms with van der Waals surface area (Å²) in [4.78, 5) is 25.7. The number of nitrogens with one attached hydrogen (secondary N) is 1. The number of aryl methyl sites for hydroxylation is 1. The van der Waals surface area contributed by atoms with Gasteiger partial charge in [0.1, 0.15) is 10.8 Å². The van der Waals surface area contributed by atoms with Gasteiger partial charge in [0.2, 0.25) is 0 Å². The molecule has 0 bridgehead atoms. The average Bonchev–Trinajstić information content (AvgIpc) is 2.92. The molecule has 1 aliphatic rings. The van der Waals surface area contributed by atoms with E-state index in [9.17, 15) is 9.59 Å². The monoisotopic (exact) mass is 358 g/mol. The Morgan fingerprint density at radius 1 is 1.24 bits per heavy atom. The first kappa shape index (κ1) is 17.5. The average molecular weight is 358 g/mol. The third-order valence-electron chi connectivity index (χ3n) is 4.11.